The van der Waals surface area contributed by atoms with Crippen molar-refractivity contribution in [3.63, 3.8) is 0 Å². The molecule has 0 radical (unpaired) electrons. The largest absolute Gasteiger partial charge is 0.382 e. The van der Waals surface area contributed by atoms with Crippen molar-refractivity contribution in [1.82, 2.24) is 15.3 Å². The van der Waals surface area contributed by atoms with Crippen LogP contribution in [0.3, 0.4) is 0 Å². The van der Waals surface area contributed by atoms with Gasteiger partial charge in [0.05, 0.1) is 10.6 Å². The van der Waals surface area contributed by atoms with Crippen LogP contribution in [0.5, 0.6) is 0 Å². The van der Waals surface area contributed by atoms with Crippen molar-refractivity contribution in [2.45, 2.75) is 42.7 Å². The molecule has 0 bridgehead atoms. The molecule has 152 valence electrons. The van der Waals surface area contributed by atoms with Gasteiger partial charge in [0.15, 0.2) is 9.84 Å². The molecule has 2 N–H and O–H groups in total. The predicted octanol–water partition coefficient (Wildman–Crippen LogP) is 3.48. The van der Waals surface area contributed by atoms with Gasteiger partial charge in [0, 0.05) is 48.5 Å². The lowest BCUT2D eigenvalue weighted by Gasteiger charge is -2.30. The molecule has 1 fully saturated rings. The molecule has 0 unspecified atom stereocenters. The lowest BCUT2D eigenvalue weighted by molar-refractivity contribution is 0.339. The highest BCUT2D eigenvalue weighted by molar-refractivity contribution is 7.90. The first-order valence-corrected chi connectivity index (χ1v) is 11.5. The van der Waals surface area contributed by atoms with Gasteiger partial charge in [-0.25, -0.2) is 17.8 Å². The van der Waals surface area contributed by atoms with Crippen LogP contribution in [-0.2, 0) is 9.84 Å². The molecule has 6 nitrogen and oxygen atoms in total. The molecule has 2 aromatic heterocycles. The molecule has 0 atom stereocenters. The normalized spacial score (nSPS) is 20.1. The number of nitrogens with zero attached hydrogens (tertiary/aromatic N) is 2. The Labute approximate surface area is 169 Å². The lowest BCUT2D eigenvalue weighted by atomic mass is 9.91. The molecule has 1 aliphatic carbocycles. The third kappa shape index (κ3) is 5.40. The van der Waals surface area contributed by atoms with E-state index < -0.39 is 9.84 Å². The van der Waals surface area contributed by atoms with Crippen LogP contribution in [-0.4, -0.2) is 49.9 Å². The number of pyridine rings is 2. The Morgan fingerprint density at radius 1 is 1.14 bits per heavy atom. The first kappa shape index (κ1) is 21.0. The van der Waals surface area contributed by atoms with Crippen LogP contribution in [0.2, 0.25) is 5.15 Å². The maximum atomic E-state index is 12.3. The number of halogens is 2. The summed E-state index contributed by atoms with van der Waals surface area (Å²) in [7, 11) is -3.30. The van der Waals surface area contributed by atoms with E-state index in [9.17, 15) is 12.8 Å². The zero-order chi connectivity index (χ0) is 20.1. The second-order valence-electron chi connectivity index (χ2n) is 7.04. The third-order valence-electron chi connectivity index (χ3n) is 4.93. The van der Waals surface area contributed by atoms with Crippen LogP contribution in [0.1, 0.15) is 25.7 Å². The molecule has 0 spiro atoms. The van der Waals surface area contributed by atoms with Crippen molar-refractivity contribution < 1.29 is 12.8 Å². The number of nitrogens with one attached hydrogen (secondary N) is 2. The number of alkyl halides is 1. The van der Waals surface area contributed by atoms with E-state index in [0.29, 0.717) is 23.4 Å². The number of aromatic nitrogens is 2. The SMILES string of the molecule is CS(=O)(=O)c1ccc(-c2cnc(Cl)cc2NC2CCC(NCCF)CC2)nc1. The Kier molecular flexibility index (Phi) is 6.85. The summed E-state index contributed by atoms with van der Waals surface area (Å²) in [5, 5.41) is 7.12. The van der Waals surface area contributed by atoms with E-state index in [2.05, 4.69) is 20.6 Å². The van der Waals surface area contributed by atoms with Gasteiger partial charge < -0.3 is 10.6 Å². The highest BCUT2D eigenvalue weighted by Crippen LogP contribution is 2.31. The number of hydrogen-bond donors (Lipinski definition) is 2. The van der Waals surface area contributed by atoms with Crippen molar-refractivity contribution in [3.8, 4) is 11.3 Å². The zero-order valence-electron chi connectivity index (χ0n) is 15.7. The predicted molar refractivity (Wildman–Crippen MR) is 109 cm³/mol. The van der Waals surface area contributed by atoms with E-state index in [1.807, 2.05) is 0 Å². The van der Waals surface area contributed by atoms with Crippen molar-refractivity contribution >= 4 is 27.1 Å². The van der Waals surface area contributed by atoms with Gasteiger partial charge >= 0.3 is 0 Å². The van der Waals surface area contributed by atoms with Gasteiger partial charge in [0.25, 0.3) is 0 Å². The fourth-order valence-electron chi connectivity index (χ4n) is 3.43. The molecule has 1 saturated carbocycles. The highest BCUT2D eigenvalue weighted by Gasteiger charge is 2.22. The number of hydrogen-bond acceptors (Lipinski definition) is 6. The molecule has 0 amide bonds. The molecule has 0 saturated heterocycles. The summed E-state index contributed by atoms with van der Waals surface area (Å²) < 4.78 is 35.6. The smallest absolute Gasteiger partial charge is 0.177 e. The summed E-state index contributed by atoms with van der Waals surface area (Å²) in [6.45, 7) is 0.0597. The van der Waals surface area contributed by atoms with Gasteiger partial charge in [-0.3, -0.25) is 4.98 Å². The van der Waals surface area contributed by atoms with Gasteiger partial charge in [-0.05, 0) is 43.9 Å². The topological polar surface area (TPSA) is 84.0 Å². The van der Waals surface area contributed by atoms with Crippen LogP contribution < -0.4 is 10.6 Å². The molecule has 3 rings (SSSR count). The fraction of sp³-hybridized carbons (Fsp3) is 0.474. The minimum Gasteiger partial charge on any atom is -0.382 e. The minimum atomic E-state index is -3.30. The van der Waals surface area contributed by atoms with Crippen molar-refractivity contribution in [3.05, 3.63) is 35.7 Å². The molecule has 2 heterocycles. The Balaban J connectivity index is 1.75. The molecule has 9 heteroatoms. The van der Waals surface area contributed by atoms with Gasteiger partial charge in [-0.1, -0.05) is 11.6 Å². The van der Waals surface area contributed by atoms with E-state index in [0.717, 1.165) is 43.2 Å². The van der Waals surface area contributed by atoms with Crippen molar-refractivity contribution in [1.29, 1.82) is 0 Å². The molecular formula is C19H24ClFN4O2S. The Hall–Kier alpha value is -1.77. The van der Waals surface area contributed by atoms with E-state index in [4.69, 9.17) is 11.6 Å². The van der Waals surface area contributed by atoms with Crippen LogP contribution in [0.25, 0.3) is 11.3 Å². The van der Waals surface area contributed by atoms with Crippen LogP contribution in [0.15, 0.2) is 35.5 Å². The molecule has 0 aromatic carbocycles. The number of rotatable bonds is 7. The monoisotopic (exact) mass is 426 g/mol. The summed E-state index contributed by atoms with van der Waals surface area (Å²) in [6.07, 6.45) is 8.03. The molecular weight excluding hydrogens is 403 g/mol. The molecule has 0 aliphatic heterocycles. The van der Waals surface area contributed by atoms with Crippen molar-refractivity contribution in [2.75, 3.05) is 24.8 Å². The molecule has 2 aromatic rings. The third-order valence-corrected chi connectivity index (χ3v) is 6.23. The summed E-state index contributed by atoms with van der Waals surface area (Å²) in [5.41, 5.74) is 2.21. The van der Waals surface area contributed by atoms with Gasteiger partial charge in [0.1, 0.15) is 11.8 Å². The summed E-state index contributed by atoms with van der Waals surface area (Å²) >= 11 is 6.09. The standard InChI is InChI=1S/C19H24ClFN4O2S/c1-28(26,27)15-6-7-17(23-11-15)16-12-24-19(20)10-18(16)25-14-4-2-13(3-5-14)22-9-8-21/h6-7,10-14,22H,2-5,8-9H2,1H3,(H,24,25). The van der Waals surface area contributed by atoms with E-state index in [1.165, 1.54) is 12.3 Å². The summed E-state index contributed by atoms with van der Waals surface area (Å²) in [6, 6.07) is 5.61. The maximum Gasteiger partial charge on any atom is 0.177 e. The summed E-state index contributed by atoms with van der Waals surface area (Å²) in [4.78, 5) is 8.62. The van der Waals surface area contributed by atoms with Crippen LogP contribution in [0, 0.1) is 0 Å². The van der Waals surface area contributed by atoms with Crippen LogP contribution >= 0.6 is 11.6 Å². The lowest BCUT2D eigenvalue weighted by Crippen LogP contribution is -2.37. The molecule has 1 aliphatic rings. The first-order valence-electron chi connectivity index (χ1n) is 9.24. The van der Waals surface area contributed by atoms with Crippen LogP contribution in [0.4, 0.5) is 10.1 Å². The quantitative estimate of drug-likeness (QED) is 0.659. The Morgan fingerprint density at radius 3 is 2.46 bits per heavy atom. The Morgan fingerprint density at radius 2 is 1.86 bits per heavy atom. The van der Waals surface area contributed by atoms with E-state index in [-0.39, 0.29) is 17.6 Å². The van der Waals surface area contributed by atoms with E-state index in [1.54, 1.807) is 18.3 Å². The average molecular weight is 427 g/mol. The highest BCUT2D eigenvalue weighted by atomic mass is 35.5. The second kappa shape index (κ2) is 9.15. The number of anilines is 1. The molecule has 28 heavy (non-hydrogen) atoms. The van der Waals surface area contributed by atoms with Gasteiger partial charge in [0.2, 0.25) is 0 Å². The maximum absolute atomic E-state index is 12.3. The number of sulfone groups is 1. The second-order valence-corrected chi connectivity index (χ2v) is 9.44. The van der Waals surface area contributed by atoms with Gasteiger partial charge in [-0.2, -0.15) is 0 Å². The van der Waals surface area contributed by atoms with Crippen molar-refractivity contribution in [2.24, 2.45) is 0 Å². The fourth-order valence-corrected chi connectivity index (χ4v) is 4.15. The van der Waals surface area contributed by atoms with E-state index >= 15 is 0 Å². The average Bonchev–Trinajstić information content (AvgIpc) is 2.67. The first-order chi connectivity index (χ1) is 13.4. The zero-order valence-corrected chi connectivity index (χ0v) is 17.2. The van der Waals surface area contributed by atoms with Gasteiger partial charge in [-0.15, -0.1) is 0 Å². The minimum absolute atomic E-state index is 0.173. The summed E-state index contributed by atoms with van der Waals surface area (Å²) in [5.74, 6) is 0. The Bertz CT molecular complexity index is 901.